The first-order valence-electron chi connectivity index (χ1n) is 6.14. The van der Waals surface area contributed by atoms with E-state index in [1.54, 1.807) is 0 Å². The first kappa shape index (κ1) is 12.0. The summed E-state index contributed by atoms with van der Waals surface area (Å²) in [5.41, 5.74) is 0.667. The summed E-state index contributed by atoms with van der Waals surface area (Å²) in [5.74, 6) is 0.932. The molecular formula is C13H27N. The van der Waals surface area contributed by atoms with Gasteiger partial charge in [-0.25, -0.2) is 0 Å². The van der Waals surface area contributed by atoms with Crippen LogP contribution < -0.4 is 5.32 Å². The molecular weight excluding hydrogens is 170 g/mol. The van der Waals surface area contributed by atoms with Crippen LogP contribution in [0.4, 0.5) is 0 Å². The van der Waals surface area contributed by atoms with Gasteiger partial charge in [0, 0.05) is 11.1 Å². The van der Waals surface area contributed by atoms with Crippen LogP contribution in [0.3, 0.4) is 0 Å². The van der Waals surface area contributed by atoms with E-state index in [-0.39, 0.29) is 0 Å². The van der Waals surface area contributed by atoms with E-state index in [1.165, 1.54) is 32.1 Å². The number of nitrogens with one attached hydrogen (secondary N) is 1. The van der Waals surface area contributed by atoms with Gasteiger partial charge in [0.2, 0.25) is 0 Å². The highest BCUT2D eigenvalue weighted by Gasteiger charge is 2.36. The lowest BCUT2D eigenvalue weighted by Crippen LogP contribution is -2.57. The van der Waals surface area contributed by atoms with Crippen LogP contribution in [0.1, 0.15) is 66.7 Å². The Labute approximate surface area is 89.7 Å². The Hall–Kier alpha value is -0.0400. The zero-order valence-electron chi connectivity index (χ0n) is 10.6. The third-order valence-electron chi connectivity index (χ3n) is 3.24. The van der Waals surface area contributed by atoms with Gasteiger partial charge < -0.3 is 5.32 Å². The predicted octanol–water partition coefficient (Wildman–Crippen LogP) is 3.73. The molecule has 1 heteroatoms. The van der Waals surface area contributed by atoms with E-state index in [4.69, 9.17) is 0 Å². The topological polar surface area (TPSA) is 12.0 Å². The average molecular weight is 197 g/mol. The van der Waals surface area contributed by atoms with Gasteiger partial charge in [0.15, 0.2) is 0 Å². The summed E-state index contributed by atoms with van der Waals surface area (Å²) in [6, 6.07) is 0. The molecule has 1 fully saturated rings. The average Bonchev–Trinajstić information content (AvgIpc) is 1.94. The fraction of sp³-hybridized carbons (Fsp3) is 1.00. The summed E-state index contributed by atoms with van der Waals surface area (Å²) in [6.45, 7) is 11.6. The molecule has 1 heterocycles. The van der Waals surface area contributed by atoms with Gasteiger partial charge in [-0.1, -0.05) is 26.2 Å². The molecule has 0 unspecified atom stereocenters. The number of rotatable bonds is 3. The van der Waals surface area contributed by atoms with Gasteiger partial charge >= 0.3 is 0 Å². The van der Waals surface area contributed by atoms with E-state index in [0.29, 0.717) is 11.1 Å². The third-order valence-corrected chi connectivity index (χ3v) is 3.24. The van der Waals surface area contributed by atoms with Crippen LogP contribution in [0, 0.1) is 5.92 Å². The number of hydrogen-bond donors (Lipinski definition) is 1. The van der Waals surface area contributed by atoms with Gasteiger partial charge in [-0.15, -0.1) is 0 Å². The van der Waals surface area contributed by atoms with Crippen molar-refractivity contribution in [1.82, 2.24) is 5.32 Å². The molecule has 0 atom stereocenters. The maximum atomic E-state index is 3.74. The minimum Gasteiger partial charge on any atom is -0.307 e. The van der Waals surface area contributed by atoms with Crippen molar-refractivity contribution in [3.05, 3.63) is 0 Å². The standard InChI is InChI=1S/C13H27N/c1-6-7-8-11-9-12(2,3)14-13(4,5)10-11/h11,14H,6-10H2,1-5H3. The molecule has 0 aromatic rings. The summed E-state index contributed by atoms with van der Waals surface area (Å²) in [4.78, 5) is 0. The third kappa shape index (κ3) is 3.61. The van der Waals surface area contributed by atoms with E-state index in [9.17, 15) is 0 Å². The molecule has 0 bridgehead atoms. The zero-order chi connectivity index (χ0) is 10.8. The molecule has 0 saturated carbocycles. The second-order valence-corrected chi connectivity index (χ2v) is 6.31. The monoisotopic (exact) mass is 197 g/mol. The maximum absolute atomic E-state index is 3.74. The summed E-state index contributed by atoms with van der Waals surface area (Å²) < 4.78 is 0. The molecule has 0 aromatic carbocycles. The van der Waals surface area contributed by atoms with Crippen molar-refractivity contribution in [1.29, 1.82) is 0 Å². The van der Waals surface area contributed by atoms with E-state index in [2.05, 4.69) is 39.9 Å². The van der Waals surface area contributed by atoms with Crippen molar-refractivity contribution in [2.75, 3.05) is 0 Å². The van der Waals surface area contributed by atoms with Gasteiger partial charge in [0.1, 0.15) is 0 Å². The first-order chi connectivity index (χ1) is 6.35. The highest BCUT2D eigenvalue weighted by atomic mass is 15.0. The maximum Gasteiger partial charge on any atom is 0.0132 e. The van der Waals surface area contributed by atoms with E-state index in [0.717, 1.165) is 5.92 Å². The predicted molar refractivity (Wildman–Crippen MR) is 63.5 cm³/mol. The summed E-state index contributed by atoms with van der Waals surface area (Å²) in [5, 5.41) is 3.74. The van der Waals surface area contributed by atoms with Crippen molar-refractivity contribution >= 4 is 0 Å². The molecule has 1 nitrogen and oxygen atoms in total. The number of unbranched alkanes of at least 4 members (excludes halogenated alkanes) is 1. The fourth-order valence-corrected chi connectivity index (χ4v) is 3.23. The largest absolute Gasteiger partial charge is 0.307 e. The van der Waals surface area contributed by atoms with Gasteiger partial charge in [-0.2, -0.15) is 0 Å². The lowest BCUT2D eigenvalue weighted by Gasteiger charge is -2.46. The molecule has 1 aliphatic heterocycles. The highest BCUT2D eigenvalue weighted by Crippen LogP contribution is 2.35. The Kier molecular flexibility index (Phi) is 3.63. The van der Waals surface area contributed by atoms with Crippen LogP contribution in [0.25, 0.3) is 0 Å². The Balaban J connectivity index is 2.53. The number of hydrogen-bond acceptors (Lipinski definition) is 1. The van der Waals surface area contributed by atoms with Crippen molar-refractivity contribution in [3.63, 3.8) is 0 Å². The van der Waals surface area contributed by atoms with Gasteiger partial charge in [-0.3, -0.25) is 0 Å². The van der Waals surface area contributed by atoms with Crippen molar-refractivity contribution in [2.24, 2.45) is 5.92 Å². The lowest BCUT2D eigenvalue weighted by molar-refractivity contribution is 0.122. The van der Waals surface area contributed by atoms with Gasteiger partial charge in [-0.05, 0) is 46.5 Å². The first-order valence-corrected chi connectivity index (χ1v) is 6.14. The number of piperidine rings is 1. The van der Waals surface area contributed by atoms with Crippen LogP contribution >= 0.6 is 0 Å². The molecule has 0 amide bonds. The molecule has 0 spiro atoms. The van der Waals surface area contributed by atoms with Crippen molar-refractivity contribution < 1.29 is 0 Å². The lowest BCUT2D eigenvalue weighted by atomic mass is 9.74. The SMILES string of the molecule is CCCCC1CC(C)(C)NC(C)(C)C1. The van der Waals surface area contributed by atoms with E-state index >= 15 is 0 Å². The van der Waals surface area contributed by atoms with Crippen molar-refractivity contribution in [2.45, 2.75) is 77.8 Å². The zero-order valence-corrected chi connectivity index (χ0v) is 10.6. The Morgan fingerprint density at radius 1 is 1.07 bits per heavy atom. The van der Waals surface area contributed by atoms with Crippen LogP contribution in [-0.2, 0) is 0 Å². The van der Waals surface area contributed by atoms with E-state index in [1.807, 2.05) is 0 Å². The Bertz CT molecular complexity index is 166. The van der Waals surface area contributed by atoms with Gasteiger partial charge in [0.25, 0.3) is 0 Å². The fourth-order valence-electron chi connectivity index (χ4n) is 3.23. The van der Waals surface area contributed by atoms with Crippen molar-refractivity contribution in [3.8, 4) is 0 Å². The minimum absolute atomic E-state index is 0.333. The molecule has 0 aliphatic carbocycles. The quantitative estimate of drug-likeness (QED) is 0.727. The highest BCUT2D eigenvalue weighted by molar-refractivity contribution is 4.96. The van der Waals surface area contributed by atoms with Crippen LogP contribution in [0.15, 0.2) is 0 Å². The minimum atomic E-state index is 0.333. The van der Waals surface area contributed by atoms with Crippen LogP contribution in [0.2, 0.25) is 0 Å². The smallest absolute Gasteiger partial charge is 0.0132 e. The molecule has 1 saturated heterocycles. The normalized spacial score (nSPS) is 26.4. The molecule has 0 aromatic heterocycles. The second-order valence-electron chi connectivity index (χ2n) is 6.31. The summed E-state index contributed by atoms with van der Waals surface area (Å²) in [6.07, 6.45) is 6.85. The molecule has 1 N–H and O–H groups in total. The summed E-state index contributed by atoms with van der Waals surface area (Å²) in [7, 11) is 0. The summed E-state index contributed by atoms with van der Waals surface area (Å²) >= 11 is 0. The van der Waals surface area contributed by atoms with E-state index < -0.39 is 0 Å². The molecule has 1 rings (SSSR count). The van der Waals surface area contributed by atoms with Gasteiger partial charge in [0.05, 0.1) is 0 Å². The van der Waals surface area contributed by atoms with Crippen LogP contribution in [-0.4, -0.2) is 11.1 Å². The molecule has 84 valence electrons. The molecule has 0 radical (unpaired) electrons. The Morgan fingerprint density at radius 2 is 1.57 bits per heavy atom. The Morgan fingerprint density at radius 3 is 2.00 bits per heavy atom. The molecule has 14 heavy (non-hydrogen) atoms. The second kappa shape index (κ2) is 4.22. The molecule has 1 aliphatic rings. The van der Waals surface area contributed by atoms with Crippen LogP contribution in [0.5, 0.6) is 0 Å².